The van der Waals surface area contributed by atoms with Crippen molar-refractivity contribution in [2.75, 3.05) is 7.11 Å². The number of H-pyrrole nitrogens is 1. The van der Waals surface area contributed by atoms with Crippen LogP contribution in [0, 0.1) is 5.82 Å². The summed E-state index contributed by atoms with van der Waals surface area (Å²) in [5, 5.41) is 9.08. The van der Waals surface area contributed by atoms with Crippen LogP contribution in [-0.2, 0) is 4.74 Å². The van der Waals surface area contributed by atoms with Gasteiger partial charge in [-0.3, -0.25) is 4.79 Å². The van der Waals surface area contributed by atoms with E-state index in [1.807, 2.05) is 0 Å². The monoisotopic (exact) mass is 291 g/mol. The first-order valence-corrected chi connectivity index (χ1v) is 5.78. The summed E-state index contributed by atoms with van der Waals surface area (Å²) < 4.78 is 18.3. The minimum atomic E-state index is -1.31. The Labute approximate surface area is 117 Å². The van der Waals surface area contributed by atoms with E-state index in [9.17, 15) is 18.8 Å². The third-order valence-corrected chi connectivity index (χ3v) is 2.84. The number of aromatic amines is 1. The molecule has 0 radical (unpaired) electrons. The molecule has 0 bridgehead atoms. The predicted octanol–water partition coefficient (Wildman–Crippen LogP) is 1.67. The molecule has 0 aliphatic carbocycles. The molecule has 0 saturated heterocycles. The zero-order valence-electron chi connectivity index (χ0n) is 10.8. The largest absolute Gasteiger partial charge is 0.478 e. The number of methoxy groups -OCH3 is 1. The number of hydrogen-bond donors (Lipinski definition) is 2. The van der Waals surface area contributed by atoms with Crippen molar-refractivity contribution < 1.29 is 23.8 Å². The van der Waals surface area contributed by atoms with Gasteiger partial charge in [0, 0.05) is 17.8 Å². The number of nitrogens with one attached hydrogen (secondary N) is 1. The highest BCUT2D eigenvalue weighted by atomic mass is 19.1. The zero-order valence-corrected chi connectivity index (χ0v) is 10.8. The van der Waals surface area contributed by atoms with Crippen LogP contribution in [0.3, 0.4) is 0 Å². The summed E-state index contributed by atoms with van der Waals surface area (Å²) in [6.07, 6.45) is 1.18. The van der Waals surface area contributed by atoms with Crippen LogP contribution in [-0.4, -0.2) is 29.1 Å². The Bertz CT molecular complexity index is 781. The van der Waals surface area contributed by atoms with Gasteiger partial charge in [0.15, 0.2) is 0 Å². The van der Waals surface area contributed by atoms with Gasteiger partial charge in [-0.05, 0) is 17.7 Å². The second-order valence-electron chi connectivity index (χ2n) is 4.12. The van der Waals surface area contributed by atoms with Crippen LogP contribution in [0.5, 0.6) is 0 Å². The molecule has 0 atom stereocenters. The van der Waals surface area contributed by atoms with Gasteiger partial charge in [0.25, 0.3) is 0 Å². The van der Waals surface area contributed by atoms with Gasteiger partial charge in [0.1, 0.15) is 5.82 Å². The lowest BCUT2D eigenvalue weighted by atomic mass is 10.0. The highest BCUT2D eigenvalue weighted by Crippen LogP contribution is 2.24. The van der Waals surface area contributed by atoms with E-state index in [2.05, 4.69) is 9.72 Å². The third kappa shape index (κ3) is 2.81. The molecule has 6 nitrogen and oxygen atoms in total. The number of carboxylic acid groups (broad SMARTS) is 1. The Hall–Kier alpha value is -2.96. The van der Waals surface area contributed by atoms with Gasteiger partial charge in [-0.2, -0.15) is 0 Å². The number of aromatic carboxylic acids is 1. The highest BCUT2D eigenvalue weighted by Gasteiger charge is 2.16. The topological polar surface area (TPSA) is 96.5 Å². The van der Waals surface area contributed by atoms with Crippen LogP contribution in [0.4, 0.5) is 4.39 Å². The SMILES string of the molecule is COC(=O)c1ccc(-c2c[nH]c(=O)cc2C(=O)O)cc1F. The molecular formula is C14H10FNO5. The van der Waals surface area contributed by atoms with Gasteiger partial charge in [-0.1, -0.05) is 6.07 Å². The van der Waals surface area contributed by atoms with Crippen LogP contribution < -0.4 is 5.56 Å². The van der Waals surface area contributed by atoms with Crippen molar-refractivity contribution in [1.82, 2.24) is 4.98 Å². The Morgan fingerprint density at radius 3 is 2.52 bits per heavy atom. The van der Waals surface area contributed by atoms with Gasteiger partial charge in [-0.25, -0.2) is 14.0 Å². The van der Waals surface area contributed by atoms with E-state index in [0.29, 0.717) is 0 Å². The summed E-state index contributed by atoms with van der Waals surface area (Å²) in [5.74, 6) is -2.99. The average Bonchev–Trinajstić information content (AvgIpc) is 2.46. The molecule has 1 aromatic carbocycles. The Balaban J connectivity index is 2.58. The molecule has 7 heteroatoms. The summed E-state index contributed by atoms with van der Waals surface area (Å²) >= 11 is 0. The van der Waals surface area contributed by atoms with Crippen molar-refractivity contribution in [3.05, 3.63) is 57.8 Å². The second kappa shape index (κ2) is 5.58. The predicted molar refractivity (Wildman–Crippen MR) is 70.8 cm³/mol. The van der Waals surface area contributed by atoms with Crippen molar-refractivity contribution >= 4 is 11.9 Å². The molecule has 21 heavy (non-hydrogen) atoms. The number of carbonyl (C=O) groups is 2. The van der Waals surface area contributed by atoms with E-state index in [-0.39, 0.29) is 22.3 Å². The van der Waals surface area contributed by atoms with Crippen molar-refractivity contribution in [3.8, 4) is 11.1 Å². The molecule has 2 aromatic rings. The standard InChI is InChI=1S/C14H10FNO5/c1-21-14(20)8-3-2-7(4-11(8)15)10-6-16-12(17)5-9(10)13(18)19/h2-6H,1H3,(H,16,17)(H,18,19). The fourth-order valence-corrected chi connectivity index (χ4v) is 1.85. The molecule has 108 valence electrons. The van der Waals surface area contributed by atoms with Gasteiger partial charge in [0.2, 0.25) is 5.56 Å². The average molecular weight is 291 g/mol. The third-order valence-electron chi connectivity index (χ3n) is 2.84. The van der Waals surface area contributed by atoms with Gasteiger partial charge >= 0.3 is 11.9 Å². The molecule has 1 aromatic heterocycles. The Morgan fingerprint density at radius 1 is 1.24 bits per heavy atom. The lowest BCUT2D eigenvalue weighted by Crippen LogP contribution is -2.11. The fraction of sp³-hybridized carbons (Fsp3) is 0.0714. The molecule has 0 amide bonds. The first-order valence-electron chi connectivity index (χ1n) is 5.78. The van der Waals surface area contributed by atoms with E-state index in [1.165, 1.54) is 18.3 Å². The number of aromatic nitrogens is 1. The number of esters is 1. The minimum Gasteiger partial charge on any atom is -0.478 e. The van der Waals surface area contributed by atoms with E-state index in [1.54, 1.807) is 0 Å². The minimum absolute atomic E-state index is 0.136. The number of carboxylic acids is 1. The first-order chi connectivity index (χ1) is 9.93. The van der Waals surface area contributed by atoms with Crippen molar-refractivity contribution in [3.63, 3.8) is 0 Å². The molecule has 0 unspecified atom stereocenters. The van der Waals surface area contributed by atoms with Crippen LogP contribution >= 0.6 is 0 Å². The van der Waals surface area contributed by atoms with Crippen molar-refractivity contribution in [1.29, 1.82) is 0 Å². The summed E-state index contributed by atoms with van der Waals surface area (Å²) in [6.45, 7) is 0. The van der Waals surface area contributed by atoms with Crippen molar-refractivity contribution in [2.24, 2.45) is 0 Å². The number of carbonyl (C=O) groups excluding carboxylic acids is 1. The van der Waals surface area contributed by atoms with Crippen LogP contribution in [0.25, 0.3) is 11.1 Å². The summed E-state index contributed by atoms with van der Waals surface area (Å²) in [6, 6.07) is 4.47. The first kappa shape index (κ1) is 14.4. The quantitative estimate of drug-likeness (QED) is 0.838. The van der Waals surface area contributed by atoms with Gasteiger partial charge < -0.3 is 14.8 Å². The molecule has 2 N–H and O–H groups in total. The molecule has 0 aliphatic rings. The van der Waals surface area contributed by atoms with Crippen LogP contribution in [0.2, 0.25) is 0 Å². The van der Waals surface area contributed by atoms with E-state index in [4.69, 9.17) is 5.11 Å². The summed E-state index contributed by atoms with van der Waals surface area (Å²) in [4.78, 5) is 35.9. The zero-order chi connectivity index (χ0) is 15.6. The summed E-state index contributed by atoms with van der Waals surface area (Å²) in [5.41, 5.74) is -0.750. The number of hydrogen-bond acceptors (Lipinski definition) is 4. The van der Waals surface area contributed by atoms with E-state index >= 15 is 0 Å². The van der Waals surface area contributed by atoms with E-state index < -0.39 is 23.3 Å². The normalized spacial score (nSPS) is 10.2. The molecule has 2 rings (SSSR count). The molecular weight excluding hydrogens is 281 g/mol. The Morgan fingerprint density at radius 2 is 1.95 bits per heavy atom. The number of halogens is 1. The summed E-state index contributed by atoms with van der Waals surface area (Å²) in [7, 11) is 1.13. The molecule has 0 fully saturated rings. The highest BCUT2D eigenvalue weighted by molar-refractivity contribution is 5.96. The second-order valence-corrected chi connectivity index (χ2v) is 4.12. The maximum absolute atomic E-state index is 13.9. The maximum atomic E-state index is 13.9. The maximum Gasteiger partial charge on any atom is 0.340 e. The molecule has 1 heterocycles. The number of ether oxygens (including phenoxy) is 1. The smallest absolute Gasteiger partial charge is 0.340 e. The molecule has 0 saturated carbocycles. The number of pyridine rings is 1. The molecule has 0 spiro atoms. The van der Waals surface area contributed by atoms with Crippen LogP contribution in [0.15, 0.2) is 35.3 Å². The lowest BCUT2D eigenvalue weighted by molar-refractivity contribution is 0.0594. The van der Waals surface area contributed by atoms with Crippen molar-refractivity contribution in [2.45, 2.75) is 0 Å². The van der Waals surface area contributed by atoms with Gasteiger partial charge in [0.05, 0.1) is 18.2 Å². The lowest BCUT2D eigenvalue weighted by Gasteiger charge is -2.07. The number of rotatable bonds is 3. The Kier molecular flexibility index (Phi) is 3.84. The number of benzene rings is 1. The van der Waals surface area contributed by atoms with E-state index in [0.717, 1.165) is 19.2 Å². The van der Waals surface area contributed by atoms with Gasteiger partial charge in [-0.15, -0.1) is 0 Å². The fourth-order valence-electron chi connectivity index (χ4n) is 1.85. The van der Waals surface area contributed by atoms with Crippen LogP contribution in [0.1, 0.15) is 20.7 Å². The molecule has 0 aliphatic heterocycles.